The molecule has 4 aromatic carbocycles. The molecule has 242 valence electrons. The van der Waals surface area contributed by atoms with Gasteiger partial charge >= 0.3 is 5.97 Å². The lowest BCUT2D eigenvalue weighted by atomic mass is 9.94. The highest BCUT2D eigenvalue weighted by atomic mass is 35.5. The van der Waals surface area contributed by atoms with Crippen molar-refractivity contribution in [3.05, 3.63) is 118 Å². The van der Waals surface area contributed by atoms with Crippen LogP contribution in [0.5, 0.6) is 17.2 Å². The first kappa shape index (κ1) is 34.6. The summed E-state index contributed by atoms with van der Waals surface area (Å²) in [6.07, 6.45) is 0. The molecule has 0 bridgehead atoms. The number of halogens is 2. The Kier molecular flexibility index (Phi) is 10.6. The van der Waals surface area contributed by atoms with Crippen LogP contribution in [-0.4, -0.2) is 36.8 Å². The van der Waals surface area contributed by atoms with Crippen LogP contribution in [0.25, 0.3) is 38.5 Å². The van der Waals surface area contributed by atoms with Gasteiger partial charge in [0.25, 0.3) is 5.56 Å². The van der Waals surface area contributed by atoms with E-state index in [9.17, 15) is 9.59 Å². The van der Waals surface area contributed by atoms with E-state index in [0.29, 0.717) is 50.5 Å². The maximum Gasteiger partial charge on any atom is 0.355 e. The number of ether oxygens (including phenoxy) is 4. The number of carbonyl (C=O) groups is 1. The summed E-state index contributed by atoms with van der Waals surface area (Å²) in [6, 6.07) is 27.3. The average molecular weight is 675 g/mol. The fraction of sp³-hybridized carbons (Fsp3) is 0.139. The number of fused-ring (bicyclic) bond motifs is 2. The third-order valence-electron chi connectivity index (χ3n) is 7.77. The number of para-hydroxylation sites is 1. The standard InChI is InChI=1S/C36H31N3O6.2ClH/c1-21-31(42-2)17-23(18-32(21)43-3)33-28-16-15-27(45-20-25-12-9-22-7-5-6-8-30(22)38-25)19-29(28)35(40)39(34(33)36(41)44-4)26-13-10-24(37)11-14-26;;/h5-19H,20,37H2,1-4H3;2*1H. The molecule has 9 nitrogen and oxygen atoms in total. The number of hydrogen-bond acceptors (Lipinski definition) is 8. The zero-order chi connectivity index (χ0) is 31.7. The lowest BCUT2D eigenvalue weighted by Gasteiger charge is -2.21. The maximum absolute atomic E-state index is 14.3. The molecule has 0 unspecified atom stereocenters. The molecule has 0 saturated heterocycles. The third-order valence-corrected chi connectivity index (χ3v) is 7.77. The van der Waals surface area contributed by atoms with Crippen LogP contribution in [0.4, 0.5) is 5.69 Å². The highest BCUT2D eigenvalue weighted by Gasteiger charge is 2.26. The fourth-order valence-electron chi connectivity index (χ4n) is 5.50. The van der Waals surface area contributed by atoms with Gasteiger partial charge in [0, 0.05) is 27.9 Å². The van der Waals surface area contributed by atoms with Crippen molar-refractivity contribution in [3.63, 3.8) is 0 Å². The molecular formula is C36H33Cl2N3O6. The van der Waals surface area contributed by atoms with E-state index in [0.717, 1.165) is 22.2 Å². The van der Waals surface area contributed by atoms with E-state index in [1.807, 2.05) is 55.5 Å². The number of esters is 1. The van der Waals surface area contributed by atoms with Crippen molar-refractivity contribution in [2.75, 3.05) is 27.1 Å². The zero-order valence-electron chi connectivity index (χ0n) is 26.1. The third kappa shape index (κ3) is 6.54. The van der Waals surface area contributed by atoms with E-state index >= 15 is 0 Å². The molecule has 0 atom stereocenters. The summed E-state index contributed by atoms with van der Waals surface area (Å²) in [4.78, 5) is 32.6. The molecule has 2 N–H and O–H groups in total. The second-order valence-electron chi connectivity index (χ2n) is 10.4. The summed E-state index contributed by atoms with van der Waals surface area (Å²) in [6.45, 7) is 2.08. The molecule has 0 fully saturated rings. The van der Waals surface area contributed by atoms with Gasteiger partial charge < -0.3 is 24.7 Å². The van der Waals surface area contributed by atoms with E-state index < -0.39 is 11.5 Å². The Morgan fingerprint density at radius 3 is 2.17 bits per heavy atom. The fourth-order valence-corrected chi connectivity index (χ4v) is 5.50. The van der Waals surface area contributed by atoms with Gasteiger partial charge in [0.2, 0.25) is 0 Å². The van der Waals surface area contributed by atoms with Crippen molar-refractivity contribution in [1.29, 1.82) is 0 Å². The molecule has 11 heteroatoms. The van der Waals surface area contributed by atoms with Gasteiger partial charge in [-0.1, -0.05) is 24.3 Å². The minimum absolute atomic E-state index is 0. The lowest BCUT2D eigenvalue weighted by Crippen LogP contribution is -2.27. The van der Waals surface area contributed by atoms with Crippen LogP contribution >= 0.6 is 24.8 Å². The molecule has 0 aliphatic carbocycles. The summed E-state index contributed by atoms with van der Waals surface area (Å²) in [5.41, 5.74) is 9.99. The molecule has 47 heavy (non-hydrogen) atoms. The minimum Gasteiger partial charge on any atom is -0.496 e. The van der Waals surface area contributed by atoms with Crippen LogP contribution < -0.4 is 25.5 Å². The predicted octanol–water partition coefficient (Wildman–Crippen LogP) is 7.32. The van der Waals surface area contributed by atoms with Crippen LogP contribution in [0.1, 0.15) is 21.7 Å². The Morgan fingerprint density at radius 2 is 1.51 bits per heavy atom. The van der Waals surface area contributed by atoms with Crippen LogP contribution in [-0.2, 0) is 11.3 Å². The molecule has 6 rings (SSSR count). The van der Waals surface area contributed by atoms with Gasteiger partial charge in [0.1, 0.15) is 29.5 Å². The largest absolute Gasteiger partial charge is 0.496 e. The smallest absolute Gasteiger partial charge is 0.355 e. The van der Waals surface area contributed by atoms with Crippen LogP contribution in [0.3, 0.4) is 0 Å². The molecule has 2 aromatic heterocycles. The molecule has 6 aromatic rings. The Morgan fingerprint density at radius 1 is 0.830 bits per heavy atom. The second kappa shape index (κ2) is 14.5. The average Bonchev–Trinajstić information content (AvgIpc) is 3.07. The van der Waals surface area contributed by atoms with E-state index in [1.165, 1.54) is 11.7 Å². The Bertz CT molecular complexity index is 2120. The number of methoxy groups -OCH3 is 3. The predicted molar refractivity (Wildman–Crippen MR) is 189 cm³/mol. The second-order valence-corrected chi connectivity index (χ2v) is 10.4. The lowest BCUT2D eigenvalue weighted by molar-refractivity contribution is 0.0591. The van der Waals surface area contributed by atoms with Gasteiger partial charge in [-0.15, -0.1) is 24.8 Å². The van der Waals surface area contributed by atoms with Gasteiger partial charge in [-0.2, -0.15) is 0 Å². The summed E-state index contributed by atoms with van der Waals surface area (Å²) >= 11 is 0. The Balaban J connectivity index is 0.00000250. The molecule has 2 heterocycles. The van der Waals surface area contributed by atoms with Crippen LogP contribution in [0, 0.1) is 6.92 Å². The van der Waals surface area contributed by atoms with E-state index in [1.54, 1.807) is 56.7 Å². The number of hydrogen-bond donors (Lipinski definition) is 1. The topological polar surface area (TPSA) is 115 Å². The Labute approximate surface area is 283 Å². The number of anilines is 1. The Hall–Kier alpha value is -5.25. The van der Waals surface area contributed by atoms with Crippen molar-refractivity contribution in [2.24, 2.45) is 0 Å². The summed E-state index contributed by atoms with van der Waals surface area (Å²) in [7, 11) is 4.41. The number of rotatable bonds is 8. The highest BCUT2D eigenvalue weighted by molar-refractivity contribution is 6.07. The SMILES string of the molecule is COC(=O)c1c(-c2cc(OC)c(C)c(OC)c2)c2ccc(OCc3ccc4ccccc4n3)cc2c(=O)n1-c1ccc(N)cc1.Cl.Cl. The van der Waals surface area contributed by atoms with Crippen LogP contribution in [0.2, 0.25) is 0 Å². The van der Waals surface area contributed by atoms with Crippen molar-refractivity contribution in [2.45, 2.75) is 13.5 Å². The highest BCUT2D eigenvalue weighted by Crippen LogP contribution is 2.40. The van der Waals surface area contributed by atoms with Gasteiger partial charge in [-0.25, -0.2) is 9.78 Å². The summed E-state index contributed by atoms with van der Waals surface area (Å²) < 4.78 is 24.0. The molecule has 0 aliphatic heterocycles. The maximum atomic E-state index is 14.3. The molecule has 0 saturated carbocycles. The summed E-state index contributed by atoms with van der Waals surface area (Å²) in [5.74, 6) is 0.888. The summed E-state index contributed by atoms with van der Waals surface area (Å²) in [5, 5.41) is 1.89. The first-order valence-electron chi connectivity index (χ1n) is 14.2. The minimum atomic E-state index is -0.693. The number of nitrogen functional groups attached to an aromatic ring is 1. The van der Waals surface area contributed by atoms with Crippen molar-refractivity contribution in [3.8, 4) is 34.1 Å². The number of pyridine rings is 2. The van der Waals surface area contributed by atoms with Gasteiger partial charge in [-0.05, 0) is 84.6 Å². The quantitative estimate of drug-likeness (QED) is 0.132. The molecule has 0 amide bonds. The molecule has 0 radical (unpaired) electrons. The van der Waals surface area contributed by atoms with E-state index in [2.05, 4.69) is 4.98 Å². The molecular weight excluding hydrogens is 641 g/mol. The van der Waals surface area contributed by atoms with Crippen molar-refractivity contribution in [1.82, 2.24) is 9.55 Å². The normalized spacial score (nSPS) is 10.6. The zero-order valence-corrected chi connectivity index (χ0v) is 27.7. The molecule has 0 spiro atoms. The number of carbonyl (C=O) groups excluding carboxylic acids is 1. The number of nitrogens with two attached hydrogens (primary N) is 1. The monoisotopic (exact) mass is 673 g/mol. The van der Waals surface area contributed by atoms with E-state index in [-0.39, 0.29) is 37.1 Å². The molecule has 0 aliphatic rings. The van der Waals surface area contributed by atoms with Gasteiger partial charge in [-0.3, -0.25) is 9.36 Å². The van der Waals surface area contributed by atoms with E-state index in [4.69, 9.17) is 24.7 Å². The van der Waals surface area contributed by atoms with Crippen LogP contribution in [0.15, 0.2) is 95.8 Å². The first-order chi connectivity index (χ1) is 21.8. The number of nitrogens with zero attached hydrogens (tertiary/aromatic N) is 2. The van der Waals surface area contributed by atoms with Gasteiger partial charge in [0.05, 0.1) is 37.9 Å². The van der Waals surface area contributed by atoms with Crippen molar-refractivity contribution >= 4 is 58.1 Å². The van der Waals surface area contributed by atoms with Gasteiger partial charge in [0.15, 0.2) is 0 Å². The first-order valence-corrected chi connectivity index (χ1v) is 14.2. The number of benzene rings is 4. The van der Waals surface area contributed by atoms with Crippen molar-refractivity contribution < 1.29 is 23.7 Å². The number of aromatic nitrogens is 2.